The molecule has 12 heavy (non-hydrogen) atoms. The Hall–Kier alpha value is -0.610. The second kappa shape index (κ2) is 3.87. The van der Waals surface area contributed by atoms with Crippen LogP contribution < -0.4 is 0 Å². The normalized spacial score (nSPS) is 35.3. The molecule has 0 aromatic heterocycles. The van der Waals surface area contributed by atoms with Crippen LogP contribution in [-0.4, -0.2) is 37.0 Å². The van der Waals surface area contributed by atoms with E-state index in [0.717, 1.165) is 0 Å². The van der Waals surface area contributed by atoms with Crippen LogP contribution in [0.15, 0.2) is 0 Å². The maximum Gasteiger partial charge on any atom is 0.303 e. The average molecular weight is 174 g/mol. The molecule has 0 spiro atoms. The fraction of sp³-hybridized carbons (Fsp3) is 0.875. The van der Waals surface area contributed by atoms with Gasteiger partial charge in [0.05, 0.1) is 25.2 Å². The summed E-state index contributed by atoms with van der Waals surface area (Å²) in [7, 11) is 1.59. The summed E-state index contributed by atoms with van der Waals surface area (Å²) in [5.74, 6) is -0.790. The standard InChI is InChI=1S/C8H14O4/c1-5-8(11-2)6(4-12-5)3-7(9)10/h5-6,8H,3-4H2,1-2H3,(H,9,10). The summed E-state index contributed by atoms with van der Waals surface area (Å²) in [6, 6.07) is 0. The topological polar surface area (TPSA) is 55.8 Å². The Balaban J connectivity index is 2.48. The molecule has 0 saturated carbocycles. The number of carboxylic acid groups (broad SMARTS) is 1. The summed E-state index contributed by atoms with van der Waals surface area (Å²) in [6.07, 6.45) is 0.0727. The van der Waals surface area contributed by atoms with Crippen molar-refractivity contribution in [3.63, 3.8) is 0 Å². The van der Waals surface area contributed by atoms with Crippen molar-refractivity contribution in [2.45, 2.75) is 25.6 Å². The highest BCUT2D eigenvalue weighted by atomic mass is 16.5. The summed E-state index contributed by atoms with van der Waals surface area (Å²) < 4.78 is 10.4. The van der Waals surface area contributed by atoms with Crippen molar-refractivity contribution in [3.05, 3.63) is 0 Å². The van der Waals surface area contributed by atoms with Crippen LogP contribution in [0.1, 0.15) is 13.3 Å². The second-order valence-electron chi connectivity index (χ2n) is 3.10. The highest BCUT2D eigenvalue weighted by Gasteiger charge is 2.35. The van der Waals surface area contributed by atoms with Crippen molar-refractivity contribution in [2.24, 2.45) is 5.92 Å². The first kappa shape index (κ1) is 9.48. The highest BCUT2D eigenvalue weighted by molar-refractivity contribution is 5.67. The van der Waals surface area contributed by atoms with Crippen LogP contribution in [0.2, 0.25) is 0 Å². The van der Waals surface area contributed by atoms with Gasteiger partial charge in [0, 0.05) is 13.0 Å². The molecular weight excluding hydrogens is 160 g/mol. The predicted octanol–water partition coefficient (Wildman–Crippen LogP) is 0.511. The van der Waals surface area contributed by atoms with Gasteiger partial charge in [0.2, 0.25) is 0 Å². The minimum absolute atomic E-state index is 0.00231. The number of rotatable bonds is 3. The fourth-order valence-electron chi connectivity index (χ4n) is 1.63. The van der Waals surface area contributed by atoms with E-state index in [0.29, 0.717) is 6.61 Å². The Labute approximate surface area is 71.5 Å². The fourth-order valence-corrected chi connectivity index (χ4v) is 1.63. The number of hydrogen-bond donors (Lipinski definition) is 1. The van der Waals surface area contributed by atoms with Crippen molar-refractivity contribution in [3.8, 4) is 0 Å². The van der Waals surface area contributed by atoms with Crippen LogP contribution in [0.4, 0.5) is 0 Å². The summed E-state index contributed by atoms with van der Waals surface area (Å²) in [5, 5.41) is 8.56. The lowest BCUT2D eigenvalue weighted by molar-refractivity contribution is -0.138. The first-order valence-electron chi connectivity index (χ1n) is 4.01. The number of carbonyl (C=O) groups is 1. The summed E-state index contributed by atoms with van der Waals surface area (Å²) in [4.78, 5) is 10.4. The molecule has 3 atom stereocenters. The van der Waals surface area contributed by atoms with E-state index in [1.807, 2.05) is 6.92 Å². The Kier molecular flexibility index (Phi) is 3.05. The maximum atomic E-state index is 10.4. The van der Waals surface area contributed by atoms with Crippen molar-refractivity contribution < 1.29 is 19.4 Å². The molecule has 4 heteroatoms. The molecule has 0 amide bonds. The molecular formula is C8H14O4. The molecule has 1 rings (SSSR count). The lowest BCUT2D eigenvalue weighted by Crippen LogP contribution is -2.28. The summed E-state index contributed by atoms with van der Waals surface area (Å²) in [6.45, 7) is 2.39. The number of aliphatic carboxylic acids is 1. The third kappa shape index (κ3) is 1.95. The molecule has 1 fully saturated rings. The van der Waals surface area contributed by atoms with Gasteiger partial charge in [-0.05, 0) is 6.92 Å². The number of ether oxygens (including phenoxy) is 2. The molecule has 0 bridgehead atoms. The molecule has 0 aromatic rings. The average Bonchev–Trinajstić information content (AvgIpc) is 2.30. The molecule has 0 aliphatic carbocycles. The van der Waals surface area contributed by atoms with E-state index in [2.05, 4.69) is 0 Å². The molecule has 1 aliphatic rings. The van der Waals surface area contributed by atoms with Crippen LogP contribution in [0.3, 0.4) is 0 Å². The van der Waals surface area contributed by atoms with Gasteiger partial charge in [0.25, 0.3) is 0 Å². The van der Waals surface area contributed by atoms with Crippen molar-refractivity contribution >= 4 is 5.97 Å². The lowest BCUT2D eigenvalue weighted by atomic mass is 9.99. The Morgan fingerprint density at radius 2 is 2.42 bits per heavy atom. The first-order valence-corrected chi connectivity index (χ1v) is 4.01. The molecule has 1 N–H and O–H groups in total. The minimum Gasteiger partial charge on any atom is -0.481 e. The number of methoxy groups -OCH3 is 1. The molecule has 3 unspecified atom stereocenters. The van der Waals surface area contributed by atoms with Gasteiger partial charge in [-0.25, -0.2) is 0 Å². The van der Waals surface area contributed by atoms with Gasteiger partial charge in [-0.1, -0.05) is 0 Å². The minimum atomic E-state index is -0.792. The quantitative estimate of drug-likeness (QED) is 0.677. The zero-order valence-corrected chi connectivity index (χ0v) is 7.32. The number of hydrogen-bond acceptors (Lipinski definition) is 3. The zero-order chi connectivity index (χ0) is 9.14. The molecule has 1 aliphatic heterocycles. The molecule has 0 radical (unpaired) electrons. The third-order valence-corrected chi connectivity index (χ3v) is 2.21. The van der Waals surface area contributed by atoms with E-state index in [-0.39, 0.29) is 24.5 Å². The van der Waals surface area contributed by atoms with Crippen molar-refractivity contribution in [1.82, 2.24) is 0 Å². The van der Waals surface area contributed by atoms with Crippen molar-refractivity contribution in [1.29, 1.82) is 0 Å². The molecule has 4 nitrogen and oxygen atoms in total. The molecule has 1 saturated heterocycles. The van der Waals surface area contributed by atoms with Gasteiger partial charge in [0.1, 0.15) is 0 Å². The van der Waals surface area contributed by atoms with Gasteiger partial charge < -0.3 is 14.6 Å². The second-order valence-corrected chi connectivity index (χ2v) is 3.10. The monoisotopic (exact) mass is 174 g/mol. The van der Waals surface area contributed by atoms with E-state index < -0.39 is 5.97 Å². The van der Waals surface area contributed by atoms with E-state index in [1.54, 1.807) is 7.11 Å². The van der Waals surface area contributed by atoms with Crippen LogP contribution in [0.5, 0.6) is 0 Å². The Morgan fingerprint density at radius 3 is 2.92 bits per heavy atom. The van der Waals surface area contributed by atoms with E-state index in [9.17, 15) is 4.79 Å². The van der Waals surface area contributed by atoms with Crippen LogP contribution in [0.25, 0.3) is 0 Å². The van der Waals surface area contributed by atoms with E-state index >= 15 is 0 Å². The van der Waals surface area contributed by atoms with Crippen LogP contribution in [-0.2, 0) is 14.3 Å². The summed E-state index contributed by atoms with van der Waals surface area (Å²) >= 11 is 0. The van der Waals surface area contributed by atoms with Gasteiger partial charge in [-0.2, -0.15) is 0 Å². The van der Waals surface area contributed by atoms with Gasteiger partial charge >= 0.3 is 5.97 Å². The Bertz CT molecular complexity index is 168. The van der Waals surface area contributed by atoms with Gasteiger partial charge in [-0.15, -0.1) is 0 Å². The molecule has 0 aromatic carbocycles. The summed E-state index contributed by atoms with van der Waals surface area (Å²) in [5.41, 5.74) is 0. The third-order valence-electron chi connectivity index (χ3n) is 2.21. The molecule has 70 valence electrons. The van der Waals surface area contributed by atoms with Gasteiger partial charge in [0.15, 0.2) is 0 Å². The maximum absolute atomic E-state index is 10.4. The highest BCUT2D eigenvalue weighted by Crippen LogP contribution is 2.25. The zero-order valence-electron chi connectivity index (χ0n) is 7.32. The van der Waals surface area contributed by atoms with Gasteiger partial charge in [-0.3, -0.25) is 4.79 Å². The largest absolute Gasteiger partial charge is 0.481 e. The van der Waals surface area contributed by atoms with Crippen LogP contribution >= 0.6 is 0 Å². The molecule has 1 heterocycles. The lowest BCUT2D eigenvalue weighted by Gasteiger charge is -2.16. The van der Waals surface area contributed by atoms with Crippen molar-refractivity contribution in [2.75, 3.05) is 13.7 Å². The van der Waals surface area contributed by atoms with E-state index in [1.165, 1.54) is 0 Å². The smallest absolute Gasteiger partial charge is 0.303 e. The number of carboxylic acids is 1. The Morgan fingerprint density at radius 1 is 1.75 bits per heavy atom. The SMILES string of the molecule is COC1C(CC(=O)O)COC1C. The van der Waals surface area contributed by atoms with Crippen LogP contribution in [0, 0.1) is 5.92 Å². The predicted molar refractivity (Wildman–Crippen MR) is 42.0 cm³/mol. The van der Waals surface area contributed by atoms with E-state index in [4.69, 9.17) is 14.6 Å². The first-order chi connectivity index (χ1) is 5.65.